The van der Waals surface area contributed by atoms with Crippen LogP contribution in [0, 0.1) is 5.82 Å². The molecule has 2 aromatic heterocycles. The minimum Gasteiger partial charge on any atom is -0.454 e. The smallest absolute Gasteiger partial charge is 0.169 e. The van der Waals surface area contributed by atoms with Gasteiger partial charge in [0.25, 0.3) is 0 Å². The van der Waals surface area contributed by atoms with E-state index in [9.17, 15) is 9.18 Å². The van der Waals surface area contributed by atoms with E-state index in [0.717, 1.165) is 0 Å². The monoisotopic (exact) mass is 315 g/mol. The fourth-order valence-corrected chi connectivity index (χ4v) is 2.45. The SMILES string of the molecule is O=C(Cc1nccs1)c1cc(F)cc(Oc2cncnc2)c1. The van der Waals surface area contributed by atoms with E-state index < -0.39 is 5.82 Å². The zero-order chi connectivity index (χ0) is 15.4. The first-order chi connectivity index (χ1) is 10.7. The predicted molar refractivity (Wildman–Crippen MR) is 78.7 cm³/mol. The van der Waals surface area contributed by atoms with E-state index in [1.54, 1.807) is 11.6 Å². The van der Waals surface area contributed by atoms with Crippen molar-refractivity contribution in [3.05, 3.63) is 64.9 Å². The molecule has 0 aliphatic carbocycles. The lowest BCUT2D eigenvalue weighted by atomic mass is 10.1. The number of halogens is 1. The molecule has 0 bridgehead atoms. The van der Waals surface area contributed by atoms with Gasteiger partial charge in [0.2, 0.25) is 0 Å². The van der Waals surface area contributed by atoms with E-state index in [4.69, 9.17) is 4.74 Å². The molecule has 0 aliphatic heterocycles. The second-order valence-electron chi connectivity index (χ2n) is 4.38. The molecule has 3 aromatic rings. The highest BCUT2D eigenvalue weighted by Gasteiger charge is 2.12. The number of carbonyl (C=O) groups excluding carboxylic acids is 1. The highest BCUT2D eigenvalue weighted by molar-refractivity contribution is 7.09. The van der Waals surface area contributed by atoms with Crippen LogP contribution in [-0.2, 0) is 6.42 Å². The van der Waals surface area contributed by atoms with Crippen molar-refractivity contribution < 1.29 is 13.9 Å². The fourth-order valence-electron chi connectivity index (χ4n) is 1.84. The Hall–Kier alpha value is -2.67. The van der Waals surface area contributed by atoms with E-state index in [1.807, 2.05) is 0 Å². The summed E-state index contributed by atoms with van der Waals surface area (Å²) in [5.41, 5.74) is 0.238. The second kappa shape index (κ2) is 6.40. The molecule has 0 aliphatic rings. The molecule has 0 fully saturated rings. The Morgan fingerprint density at radius 1 is 1.18 bits per heavy atom. The van der Waals surface area contributed by atoms with Crippen molar-refractivity contribution in [3.8, 4) is 11.5 Å². The summed E-state index contributed by atoms with van der Waals surface area (Å²) in [6, 6.07) is 3.88. The number of thiazole rings is 1. The molecule has 0 atom stereocenters. The van der Waals surface area contributed by atoms with Gasteiger partial charge in [0.1, 0.15) is 22.9 Å². The Morgan fingerprint density at radius 2 is 2.00 bits per heavy atom. The molecule has 110 valence electrons. The van der Waals surface area contributed by atoms with E-state index in [1.165, 1.54) is 48.3 Å². The number of carbonyl (C=O) groups is 1. The molecule has 5 nitrogen and oxygen atoms in total. The zero-order valence-electron chi connectivity index (χ0n) is 11.3. The predicted octanol–water partition coefficient (Wildman–Crippen LogP) is 3.29. The summed E-state index contributed by atoms with van der Waals surface area (Å²) < 4.78 is 19.1. The van der Waals surface area contributed by atoms with E-state index in [2.05, 4.69) is 15.0 Å². The number of ketones is 1. The van der Waals surface area contributed by atoms with Gasteiger partial charge in [0.05, 0.1) is 18.8 Å². The molecule has 0 saturated carbocycles. The molecule has 0 spiro atoms. The van der Waals surface area contributed by atoms with Crippen molar-refractivity contribution in [1.29, 1.82) is 0 Å². The van der Waals surface area contributed by atoms with Gasteiger partial charge in [-0.2, -0.15) is 0 Å². The minimum absolute atomic E-state index is 0.134. The van der Waals surface area contributed by atoms with Crippen LogP contribution in [0.5, 0.6) is 11.5 Å². The molecular formula is C15H10FN3O2S. The van der Waals surface area contributed by atoms with Crippen molar-refractivity contribution in [2.45, 2.75) is 6.42 Å². The number of nitrogens with zero attached hydrogens (tertiary/aromatic N) is 3. The Kier molecular flexibility index (Phi) is 4.15. The third-order valence-electron chi connectivity index (χ3n) is 2.76. The van der Waals surface area contributed by atoms with Gasteiger partial charge in [-0.3, -0.25) is 4.79 Å². The quantitative estimate of drug-likeness (QED) is 0.676. The third kappa shape index (κ3) is 3.50. The van der Waals surface area contributed by atoms with Crippen LogP contribution in [0.2, 0.25) is 0 Å². The van der Waals surface area contributed by atoms with Gasteiger partial charge in [0, 0.05) is 23.2 Å². The number of aromatic nitrogens is 3. The Labute approximate surface area is 129 Å². The number of benzene rings is 1. The van der Waals surface area contributed by atoms with E-state index in [0.29, 0.717) is 10.8 Å². The molecule has 3 rings (SSSR count). The lowest BCUT2D eigenvalue weighted by Crippen LogP contribution is -2.04. The molecule has 7 heteroatoms. The summed E-state index contributed by atoms with van der Waals surface area (Å²) in [7, 11) is 0. The standard InChI is InChI=1S/C15H10FN3O2S/c16-11-3-10(14(20)6-15-19-1-2-22-15)4-12(5-11)21-13-7-17-9-18-8-13/h1-5,7-9H,6H2. The topological polar surface area (TPSA) is 65.0 Å². The lowest BCUT2D eigenvalue weighted by molar-refractivity contribution is 0.0992. The number of ether oxygens (including phenoxy) is 1. The maximum atomic E-state index is 13.7. The summed E-state index contributed by atoms with van der Waals surface area (Å²) in [5.74, 6) is -0.177. The fraction of sp³-hybridized carbons (Fsp3) is 0.0667. The van der Waals surface area contributed by atoms with Gasteiger partial charge >= 0.3 is 0 Å². The molecule has 0 amide bonds. The summed E-state index contributed by atoms with van der Waals surface area (Å²) in [5, 5.41) is 2.48. The maximum Gasteiger partial charge on any atom is 0.169 e. The highest BCUT2D eigenvalue weighted by Crippen LogP contribution is 2.23. The summed E-state index contributed by atoms with van der Waals surface area (Å²) in [6.07, 6.45) is 6.03. The first kappa shape index (κ1) is 14.3. The second-order valence-corrected chi connectivity index (χ2v) is 5.36. The van der Waals surface area contributed by atoms with Gasteiger partial charge in [-0.15, -0.1) is 11.3 Å². The van der Waals surface area contributed by atoms with Crippen LogP contribution in [0.3, 0.4) is 0 Å². The minimum atomic E-state index is -0.545. The van der Waals surface area contributed by atoms with Crippen molar-refractivity contribution in [1.82, 2.24) is 15.0 Å². The Bertz CT molecular complexity index is 779. The van der Waals surface area contributed by atoms with Gasteiger partial charge in [-0.25, -0.2) is 19.3 Å². The summed E-state index contributed by atoms with van der Waals surface area (Å²) in [6.45, 7) is 0. The largest absolute Gasteiger partial charge is 0.454 e. The van der Waals surface area contributed by atoms with Crippen LogP contribution in [0.1, 0.15) is 15.4 Å². The molecule has 0 saturated heterocycles. The van der Waals surface area contributed by atoms with Crippen LogP contribution in [0.15, 0.2) is 48.5 Å². The molecule has 0 N–H and O–H groups in total. The van der Waals surface area contributed by atoms with Gasteiger partial charge in [-0.1, -0.05) is 0 Å². The van der Waals surface area contributed by atoms with Gasteiger partial charge in [-0.05, 0) is 12.1 Å². The zero-order valence-corrected chi connectivity index (χ0v) is 12.1. The van der Waals surface area contributed by atoms with Gasteiger partial charge < -0.3 is 4.74 Å². The lowest BCUT2D eigenvalue weighted by Gasteiger charge is -2.07. The molecule has 1 aromatic carbocycles. The maximum absolute atomic E-state index is 13.7. The summed E-state index contributed by atoms with van der Waals surface area (Å²) >= 11 is 1.38. The molecule has 0 unspecified atom stereocenters. The van der Waals surface area contributed by atoms with Crippen molar-refractivity contribution in [3.63, 3.8) is 0 Å². The number of hydrogen-bond acceptors (Lipinski definition) is 6. The molecule has 2 heterocycles. The average Bonchev–Trinajstić information content (AvgIpc) is 3.00. The number of rotatable bonds is 5. The third-order valence-corrected chi connectivity index (χ3v) is 3.54. The highest BCUT2D eigenvalue weighted by atomic mass is 32.1. The first-order valence-corrected chi connectivity index (χ1v) is 7.24. The van der Waals surface area contributed by atoms with E-state index >= 15 is 0 Å². The summed E-state index contributed by atoms with van der Waals surface area (Å²) in [4.78, 5) is 23.9. The number of hydrogen-bond donors (Lipinski definition) is 0. The van der Waals surface area contributed by atoms with E-state index in [-0.39, 0.29) is 23.5 Å². The first-order valence-electron chi connectivity index (χ1n) is 6.36. The van der Waals surface area contributed by atoms with Crippen molar-refractivity contribution in [2.75, 3.05) is 0 Å². The van der Waals surface area contributed by atoms with Crippen LogP contribution >= 0.6 is 11.3 Å². The Morgan fingerprint density at radius 3 is 2.73 bits per heavy atom. The van der Waals surface area contributed by atoms with Gasteiger partial charge in [0.15, 0.2) is 11.5 Å². The Balaban J connectivity index is 1.81. The molecule has 0 radical (unpaired) electrons. The normalized spacial score (nSPS) is 10.4. The average molecular weight is 315 g/mol. The molecular weight excluding hydrogens is 305 g/mol. The van der Waals surface area contributed by atoms with Crippen LogP contribution in [-0.4, -0.2) is 20.7 Å². The van der Waals surface area contributed by atoms with Crippen molar-refractivity contribution in [2.24, 2.45) is 0 Å². The molecule has 22 heavy (non-hydrogen) atoms. The number of Topliss-reactive ketones (excluding diaryl/α,β-unsaturated/α-hetero) is 1. The van der Waals surface area contributed by atoms with Crippen LogP contribution < -0.4 is 4.74 Å². The van der Waals surface area contributed by atoms with Crippen LogP contribution in [0.4, 0.5) is 4.39 Å². The van der Waals surface area contributed by atoms with Crippen molar-refractivity contribution >= 4 is 17.1 Å². The van der Waals surface area contributed by atoms with Crippen LogP contribution in [0.25, 0.3) is 0 Å².